The standard InChI is InChI=1S/C15H22ClNO2/c1-15(8-4-5-9-15)14(17)10-6-7-11(18-2)12(16)13(10)19-3/h6-7,14H,4-5,8-9,17H2,1-3H3. The Morgan fingerprint density at radius 1 is 1.21 bits per heavy atom. The molecule has 0 spiro atoms. The molecule has 1 aromatic carbocycles. The van der Waals surface area contributed by atoms with E-state index < -0.39 is 0 Å². The second kappa shape index (κ2) is 5.59. The van der Waals surface area contributed by atoms with Crippen LogP contribution in [0.25, 0.3) is 0 Å². The van der Waals surface area contributed by atoms with Gasteiger partial charge in [0.25, 0.3) is 0 Å². The second-order valence-corrected chi connectivity index (χ2v) is 5.92. The van der Waals surface area contributed by atoms with Crippen molar-refractivity contribution in [3.63, 3.8) is 0 Å². The maximum Gasteiger partial charge on any atom is 0.146 e. The van der Waals surface area contributed by atoms with Gasteiger partial charge in [-0.05, 0) is 30.4 Å². The molecule has 0 aromatic heterocycles. The van der Waals surface area contributed by atoms with Crippen molar-refractivity contribution in [2.24, 2.45) is 11.1 Å². The third kappa shape index (κ3) is 2.54. The van der Waals surface area contributed by atoms with E-state index in [0.29, 0.717) is 16.5 Å². The monoisotopic (exact) mass is 283 g/mol. The summed E-state index contributed by atoms with van der Waals surface area (Å²) in [5, 5.41) is 0.500. The molecule has 1 fully saturated rings. The van der Waals surface area contributed by atoms with Gasteiger partial charge in [-0.15, -0.1) is 0 Å². The van der Waals surface area contributed by atoms with Crippen LogP contribution in [0.15, 0.2) is 12.1 Å². The van der Waals surface area contributed by atoms with Gasteiger partial charge in [0.05, 0.1) is 14.2 Å². The topological polar surface area (TPSA) is 44.5 Å². The van der Waals surface area contributed by atoms with Gasteiger partial charge in [-0.3, -0.25) is 0 Å². The van der Waals surface area contributed by atoms with Crippen LogP contribution in [0.3, 0.4) is 0 Å². The number of methoxy groups -OCH3 is 2. The average molecular weight is 284 g/mol. The van der Waals surface area contributed by atoms with Crippen molar-refractivity contribution >= 4 is 11.6 Å². The van der Waals surface area contributed by atoms with E-state index in [1.807, 2.05) is 12.1 Å². The zero-order valence-corrected chi connectivity index (χ0v) is 12.6. The molecule has 1 atom stereocenters. The van der Waals surface area contributed by atoms with Crippen molar-refractivity contribution in [3.05, 3.63) is 22.7 Å². The molecule has 0 radical (unpaired) electrons. The van der Waals surface area contributed by atoms with E-state index in [1.165, 1.54) is 12.8 Å². The summed E-state index contributed by atoms with van der Waals surface area (Å²) in [5.41, 5.74) is 7.59. The van der Waals surface area contributed by atoms with Gasteiger partial charge in [-0.25, -0.2) is 0 Å². The normalized spacial score (nSPS) is 19.2. The second-order valence-electron chi connectivity index (χ2n) is 5.54. The molecule has 1 aliphatic rings. The van der Waals surface area contributed by atoms with Gasteiger partial charge in [0, 0.05) is 11.6 Å². The summed E-state index contributed by atoms with van der Waals surface area (Å²) in [5.74, 6) is 1.26. The first kappa shape index (κ1) is 14.5. The van der Waals surface area contributed by atoms with Crippen molar-refractivity contribution in [2.45, 2.75) is 38.6 Å². The number of hydrogen-bond donors (Lipinski definition) is 1. The molecule has 0 aliphatic heterocycles. The van der Waals surface area contributed by atoms with Crippen molar-refractivity contribution in [1.29, 1.82) is 0 Å². The highest BCUT2D eigenvalue weighted by Gasteiger charge is 2.37. The molecule has 1 unspecified atom stereocenters. The number of ether oxygens (including phenoxy) is 2. The van der Waals surface area contributed by atoms with Crippen LogP contribution < -0.4 is 15.2 Å². The van der Waals surface area contributed by atoms with E-state index in [2.05, 4.69) is 6.92 Å². The van der Waals surface area contributed by atoms with Crippen LogP contribution >= 0.6 is 11.6 Å². The van der Waals surface area contributed by atoms with Gasteiger partial charge in [0.1, 0.15) is 16.5 Å². The lowest BCUT2D eigenvalue weighted by atomic mass is 9.77. The van der Waals surface area contributed by atoms with Gasteiger partial charge in [-0.1, -0.05) is 31.4 Å². The molecule has 2 rings (SSSR count). The molecular weight excluding hydrogens is 262 g/mol. The zero-order valence-electron chi connectivity index (χ0n) is 11.8. The lowest BCUT2D eigenvalue weighted by Gasteiger charge is -2.32. The van der Waals surface area contributed by atoms with Crippen molar-refractivity contribution in [3.8, 4) is 11.5 Å². The molecule has 1 aromatic rings. The molecule has 1 saturated carbocycles. The van der Waals surface area contributed by atoms with Crippen LogP contribution in [-0.4, -0.2) is 14.2 Å². The SMILES string of the molecule is COc1ccc(C(N)C2(C)CCCC2)c(OC)c1Cl. The van der Waals surface area contributed by atoms with E-state index in [-0.39, 0.29) is 11.5 Å². The number of nitrogens with two attached hydrogens (primary N) is 1. The summed E-state index contributed by atoms with van der Waals surface area (Å²) < 4.78 is 10.7. The highest BCUT2D eigenvalue weighted by Crippen LogP contribution is 2.49. The summed E-state index contributed by atoms with van der Waals surface area (Å²) in [6, 6.07) is 3.77. The highest BCUT2D eigenvalue weighted by molar-refractivity contribution is 6.33. The molecule has 0 heterocycles. The first-order valence-corrected chi connectivity index (χ1v) is 7.07. The predicted molar refractivity (Wildman–Crippen MR) is 78.1 cm³/mol. The van der Waals surface area contributed by atoms with Crippen LogP contribution in [0.2, 0.25) is 5.02 Å². The Bertz CT molecular complexity index is 456. The summed E-state index contributed by atoms with van der Waals surface area (Å²) in [4.78, 5) is 0. The van der Waals surface area contributed by atoms with Crippen molar-refractivity contribution < 1.29 is 9.47 Å². The lowest BCUT2D eigenvalue weighted by Crippen LogP contribution is -2.29. The minimum absolute atomic E-state index is 0.0617. The van der Waals surface area contributed by atoms with Gasteiger partial charge < -0.3 is 15.2 Å². The van der Waals surface area contributed by atoms with E-state index in [9.17, 15) is 0 Å². The fourth-order valence-electron chi connectivity index (χ4n) is 3.03. The van der Waals surface area contributed by atoms with Crippen LogP contribution in [0.5, 0.6) is 11.5 Å². The Balaban J connectivity index is 2.41. The third-order valence-corrected chi connectivity index (χ3v) is 4.71. The first-order valence-electron chi connectivity index (χ1n) is 6.69. The van der Waals surface area contributed by atoms with Crippen LogP contribution in [0, 0.1) is 5.41 Å². The van der Waals surface area contributed by atoms with Gasteiger partial charge in [0.2, 0.25) is 0 Å². The molecule has 1 aliphatic carbocycles. The molecule has 0 saturated heterocycles. The Morgan fingerprint density at radius 3 is 2.37 bits per heavy atom. The Labute approximate surface area is 120 Å². The molecule has 0 amide bonds. The molecular formula is C15H22ClNO2. The van der Waals surface area contributed by atoms with Crippen LogP contribution in [-0.2, 0) is 0 Å². The van der Waals surface area contributed by atoms with Crippen LogP contribution in [0.1, 0.15) is 44.2 Å². The average Bonchev–Trinajstić information content (AvgIpc) is 2.85. The maximum atomic E-state index is 6.49. The Morgan fingerprint density at radius 2 is 1.84 bits per heavy atom. The quantitative estimate of drug-likeness (QED) is 0.910. The van der Waals surface area contributed by atoms with E-state index >= 15 is 0 Å². The minimum atomic E-state index is -0.0617. The largest absolute Gasteiger partial charge is 0.495 e. The molecule has 4 heteroatoms. The fourth-order valence-corrected chi connectivity index (χ4v) is 3.36. The van der Waals surface area contributed by atoms with E-state index in [1.54, 1.807) is 14.2 Å². The van der Waals surface area contributed by atoms with Gasteiger partial charge in [-0.2, -0.15) is 0 Å². The Hall–Kier alpha value is -0.930. The van der Waals surface area contributed by atoms with Crippen LogP contribution in [0.4, 0.5) is 0 Å². The molecule has 2 N–H and O–H groups in total. The number of hydrogen-bond acceptors (Lipinski definition) is 3. The van der Waals surface area contributed by atoms with E-state index in [4.69, 9.17) is 26.8 Å². The van der Waals surface area contributed by atoms with Crippen molar-refractivity contribution in [1.82, 2.24) is 0 Å². The summed E-state index contributed by atoms with van der Waals surface area (Å²) >= 11 is 6.30. The third-order valence-electron chi connectivity index (χ3n) is 4.35. The van der Waals surface area contributed by atoms with Crippen molar-refractivity contribution in [2.75, 3.05) is 14.2 Å². The lowest BCUT2D eigenvalue weighted by molar-refractivity contribution is 0.259. The number of halogens is 1. The predicted octanol–water partition coefficient (Wildman–Crippen LogP) is 3.94. The van der Waals surface area contributed by atoms with E-state index in [0.717, 1.165) is 18.4 Å². The number of benzene rings is 1. The highest BCUT2D eigenvalue weighted by atomic mass is 35.5. The summed E-state index contributed by atoms with van der Waals surface area (Å²) in [6.07, 6.45) is 4.80. The van der Waals surface area contributed by atoms with Gasteiger partial charge in [0.15, 0.2) is 0 Å². The minimum Gasteiger partial charge on any atom is -0.495 e. The van der Waals surface area contributed by atoms with Gasteiger partial charge >= 0.3 is 0 Å². The number of rotatable bonds is 4. The molecule has 19 heavy (non-hydrogen) atoms. The fraction of sp³-hybridized carbons (Fsp3) is 0.600. The zero-order chi connectivity index (χ0) is 14.0. The smallest absolute Gasteiger partial charge is 0.146 e. The first-order chi connectivity index (χ1) is 9.03. The molecule has 3 nitrogen and oxygen atoms in total. The maximum absolute atomic E-state index is 6.49. The summed E-state index contributed by atoms with van der Waals surface area (Å²) in [7, 11) is 3.21. The molecule has 0 bridgehead atoms. The Kier molecular flexibility index (Phi) is 4.26. The summed E-state index contributed by atoms with van der Waals surface area (Å²) in [6.45, 7) is 2.25. The molecule has 106 valence electrons.